The Morgan fingerprint density at radius 1 is 1.19 bits per heavy atom. The number of fused-ring (bicyclic) bond motifs is 1. The molecule has 0 unspecified atom stereocenters. The van der Waals surface area contributed by atoms with Gasteiger partial charge in [-0.15, -0.1) is 0 Å². The molecule has 6 nitrogen and oxygen atoms in total. The third-order valence-electron chi connectivity index (χ3n) is 5.91. The van der Waals surface area contributed by atoms with Crippen molar-refractivity contribution in [2.24, 2.45) is 0 Å². The van der Waals surface area contributed by atoms with Gasteiger partial charge in [-0.2, -0.15) is 0 Å². The average Bonchev–Trinajstić information content (AvgIpc) is 3.15. The fourth-order valence-electron chi connectivity index (χ4n) is 4.19. The summed E-state index contributed by atoms with van der Waals surface area (Å²) in [7, 11) is 0. The number of hydrogen-bond donors (Lipinski definition) is 1. The molecular weight excluding hydrogens is 404 g/mol. The molecule has 168 valence electrons. The van der Waals surface area contributed by atoms with Crippen molar-refractivity contribution in [1.82, 2.24) is 4.98 Å². The summed E-state index contributed by atoms with van der Waals surface area (Å²) in [6, 6.07) is 14.3. The number of nitrogens with zero attached hydrogens (tertiary/aromatic N) is 2. The zero-order valence-electron chi connectivity index (χ0n) is 18.8. The lowest BCUT2D eigenvalue weighted by atomic mass is 10.00. The van der Waals surface area contributed by atoms with E-state index >= 15 is 0 Å². The molecule has 0 amide bonds. The lowest BCUT2D eigenvalue weighted by Crippen LogP contribution is -2.30. The summed E-state index contributed by atoms with van der Waals surface area (Å²) in [5, 5.41) is 8.92. The van der Waals surface area contributed by atoms with Gasteiger partial charge in [0.25, 0.3) is 0 Å². The molecule has 2 aromatic carbocycles. The van der Waals surface area contributed by atoms with E-state index in [1.165, 1.54) is 16.8 Å². The van der Waals surface area contributed by atoms with Crippen LogP contribution in [0.15, 0.2) is 46.9 Å². The maximum atomic E-state index is 10.8. The molecule has 2 heterocycles. The molecule has 32 heavy (non-hydrogen) atoms. The van der Waals surface area contributed by atoms with Crippen molar-refractivity contribution in [1.29, 1.82) is 0 Å². The molecule has 0 radical (unpaired) electrons. The summed E-state index contributed by atoms with van der Waals surface area (Å²) in [5.74, 6) is 1.63. The first kappa shape index (κ1) is 21.9. The molecule has 0 atom stereocenters. The fourth-order valence-corrected chi connectivity index (χ4v) is 4.19. The minimum absolute atomic E-state index is 0.198. The van der Waals surface area contributed by atoms with Gasteiger partial charge in [-0.3, -0.25) is 4.79 Å². The summed E-state index contributed by atoms with van der Waals surface area (Å²) in [6.07, 6.45) is 3.54. The Bertz CT molecular complexity index is 1070. The molecule has 0 saturated heterocycles. The van der Waals surface area contributed by atoms with E-state index in [0.29, 0.717) is 25.3 Å². The maximum absolute atomic E-state index is 10.8. The first-order valence-corrected chi connectivity index (χ1v) is 11.3. The first-order chi connectivity index (χ1) is 15.5. The fraction of sp³-hybridized carbons (Fsp3) is 0.385. The molecule has 4 rings (SSSR count). The number of rotatable bonds is 9. The Morgan fingerprint density at radius 2 is 2.00 bits per heavy atom. The summed E-state index contributed by atoms with van der Waals surface area (Å²) in [5.41, 5.74) is 5.48. The van der Waals surface area contributed by atoms with Crippen LogP contribution in [0.1, 0.15) is 41.8 Å². The minimum Gasteiger partial charge on any atom is -0.493 e. The van der Waals surface area contributed by atoms with Crippen LogP contribution in [0, 0.1) is 13.8 Å². The highest BCUT2D eigenvalue weighted by molar-refractivity contribution is 5.67. The normalized spacial score (nSPS) is 13.1. The van der Waals surface area contributed by atoms with Crippen LogP contribution in [-0.4, -0.2) is 35.8 Å². The molecule has 1 aromatic heterocycles. The van der Waals surface area contributed by atoms with Gasteiger partial charge in [-0.1, -0.05) is 23.8 Å². The van der Waals surface area contributed by atoms with E-state index in [1.807, 2.05) is 31.2 Å². The van der Waals surface area contributed by atoms with Gasteiger partial charge in [0, 0.05) is 42.7 Å². The number of hydrogen-bond acceptors (Lipinski definition) is 5. The lowest BCUT2D eigenvalue weighted by molar-refractivity contribution is -0.137. The number of aryl methyl sites for hydroxylation is 2. The minimum atomic E-state index is -0.743. The molecule has 0 aliphatic carbocycles. The highest BCUT2D eigenvalue weighted by Crippen LogP contribution is 2.34. The Balaban J connectivity index is 1.40. The summed E-state index contributed by atoms with van der Waals surface area (Å²) >= 11 is 0. The SMILES string of the molecule is Cc1ccc(-c2nc(CCOc3cccc4c3CCCN4CCCC(=O)O)c(C)o2)cc1. The van der Waals surface area contributed by atoms with Gasteiger partial charge in [-0.05, 0) is 57.4 Å². The van der Waals surface area contributed by atoms with Gasteiger partial charge in [0.05, 0.1) is 12.3 Å². The molecule has 0 bridgehead atoms. The maximum Gasteiger partial charge on any atom is 0.303 e. The summed E-state index contributed by atoms with van der Waals surface area (Å²) in [6.45, 7) is 6.24. The van der Waals surface area contributed by atoms with Crippen LogP contribution in [0.4, 0.5) is 5.69 Å². The van der Waals surface area contributed by atoms with Crippen molar-refractivity contribution in [2.45, 2.75) is 46.0 Å². The molecule has 3 aromatic rings. The van der Waals surface area contributed by atoms with Crippen molar-refractivity contribution in [3.63, 3.8) is 0 Å². The van der Waals surface area contributed by atoms with Crippen LogP contribution in [0.3, 0.4) is 0 Å². The van der Waals surface area contributed by atoms with Crippen LogP contribution in [0.25, 0.3) is 11.5 Å². The van der Waals surface area contributed by atoms with Crippen molar-refractivity contribution in [3.05, 3.63) is 65.0 Å². The van der Waals surface area contributed by atoms with Crippen molar-refractivity contribution in [3.8, 4) is 17.2 Å². The molecule has 0 spiro atoms. The first-order valence-electron chi connectivity index (χ1n) is 11.3. The lowest BCUT2D eigenvalue weighted by Gasteiger charge is -2.32. The van der Waals surface area contributed by atoms with Crippen LogP contribution in [0.5, 0.6) is 5.75 Å². The predicted octanol–water partition coefficient (Wildman–Crippen LogP) is 5.20. The number of oxazole rings is 1. The predicted molar refractivity (Wildman–Crippen MR) is 124 cm³/mol. The van der Waals surface area contributed by atoms with Crippen LogP contribution < -0.4 is 9.64 Å². The number of carboxylic acids is 1. The highest BCUT2D eigenvalue weighted by Gasteiger charge is 2.20. The Hall–Kier alpha value is -3.28. The quantitative estimate of drug-likeness (QED) is 0.499. The number of carbonyl (C=O) groups is 1. The highest BCUT2D eigenvalue weighted by atomic mass is 16.5. The van der Waals surface area contributed by atoms with Gasteiger partial charge in [-0.25, -0.2) is 4.98 Å². The second-order valence-electron chi connectivity index (χ2n) is 8.33. The number of ether oxygens (including phenoxy) is 1. The Labute approximate surface area is 188 Å². The average molecular weight is 435 g/mol. The van der Waals surface area contributed by atoms with E-state index in [1.54, 1.807) is 0 Å². The summed E-state index contributed by atoms with van der Waals surface area (Å²) < 4.78 is 12.1. The Kier molecular flexibility index (Phi) is 6.78. The van der Waals surface area contributed by atoms with E-state index < -0.39 is 5.97 Å². The number of benzene rings is 2. The van der Waals surface area contributed by atoms with E-state index in [-0.39, 0.29) is 6.42 Å². The smallest absolute Gasteiger partial charge is 0.303 e. The zero-order valence-corrected chi connectivity index (χ0v) is 18.8. The molecule has 1 aliphatic heterocycles. The molecule has 6 heteroatoms. The monoisotopic (exact) mass is 434 g/mol. The van der Waals surface area contributed by atoms with E-state index in [2.05, 4.69) is 35.0 Å². The van der Waals surface area contributed by atoms with Crippen LogP contribution in [0.2, 0.25) is 0 Å². The largest absolute Gasteiger partial charge is 0.493 e. The number of anilines is 1. The Morgan fingerprint density at radius 3 is 2.78 bits per heavy atom. The molecule has 0 saturated carbocycles. The molecule has 0 fully saturated rings. The van der Waals surface area contributed by atoms with Crippen LogP contribution >= 0.6 is 0 Å². The third kappa shape index (κ3) is 5.13. The number of aliphatic carboxylic acids is 1. The van der Waals surface area contributed by atoms with Crippen molar-refractivity contribution < 1.29 is 19.1 Å². The van der Waals surface area contributed by atoms with Gasteiger partial charge in [0.1, 0.15) is 11.5 Å². The second-order valence-corrected chi connectivity index (χ2v) is 8.33. The summed E-state index contributed by atoms with van der Waals surface area (Å²) in [4.78, 5) is 17.8. The third-order valence-corrected chi connectivity index (χ3v) is 5.91. The molecule has 1 aliphatic rings. The zero-order chi connectivity index (χ0) is 22.5. The van der Waals surface area contributed by atoms with Crippen LogP contribution in [-0.2, 0) is 17.6 Å². The standard InChI is InChI=1S/C26H30N2O4/c1-18-10-12-20(13-11-18)26-27-22(19(2)32-26)14-17-31-24-8-3-7-23-21(24)6-4-15-28(23)16-5-9-25(29)30/h3,7-8,10-13H,4-6,9,14-17H2,1-2H3,(H,29,30). The second kappa shape index (κ2) is 9.90. The molecular formula is C26H30N2O4. The van der Waals surface area contributed by atoms with Gasteiger partial charge in [0.15, 0.2) is 0 Å². The van der Waals surface area contributed by atoms with Gasteiger partial charge < -0.3 is 19.2 Å². The van der Waals surface area contributed by atoms with Crippen molar-refractivity contribution >= 4 is 11.7 Å². The van der Waals surface area contributed by atoms with Crippen molar-refractivity contribution in [2.75, 3.05) is 24.6 Å². The number of carboxylic acid groups (broad SMARTS) is 1. The van der Waals surface area contributed by atoms with E-state index in [0.717, 1.165) is 48.7 Å². The number of aromatic nitrogens is 1. The van der Waals surface area contributed by atoms with Gasteiger partial charge >= 0.3 is 5.97 Å². The molecule has 1 N–H and O–H groups in total. The van der Waals surface area contributed by atoms with Gasteiger partial charge in [0.2, 0.25) is 5.89 Å². The van der Waals surface area contributed by atoms with E-state index in [4.69, 9.17) is 14.3 Å². The van der Waals surface area contributed by atoms with E-state index in [9.17, 15) is 4.79 Å². The topological polar surface area (TPSA) is 75.8 Å².